The van der Waals surface area contributed by atoms with Crippen molar-refractivity contribution in [2.75, 3.05) is 41.0 Å². The van der Waals surface area contributed by atoms with E-state index < -0.39 is 52.2 Å². The highest BCUT2D eigenvalue weighted by Gasteiger charge is 2.90. The first-order chi connectivity index (χ1) is 19.2. The summed E-state index contributed by atoms with van der Waals surface area (Å²) in [7, 11) is 4.91. The molecule has 40 heavy (non-hydrogen) atoms. The number of hydrogen-bond acceptors (Lipinski definition) is 9. The lowest BCUT2D eigenvalue weighted by molar-refractivity contribution is -0.309. The van der Waals surface area contributed by atoms with Crippen molar-refractivity contribution in [1.82, 2.24) is 4.90 Å². The molecule has 1 aromatic rings. The summed E-state index contributed by atoms with van der Waals surface area (Å²) in [6.07, 6.45) is -0.0945. The van der Waals surface area contributed by atoms with Gasteiger partial charge in [-0.2, -0.15) is 0 Å². The second-order valence-electron chi connectivity index (χ2n) is 13.4. The molecule has 6 aliphatic rings. The molecule has 1 saturated heterocycles. The fourth-order valence-electron chi connectivity index (χ4n) is 11.6. The number of esters is 1. The zero-order chi connectivity index (χ0) is 28.2. The smallest absolute Gasteiger partial charge is 0.338 e. The highest BCUT2D eigenvalue weighted by Crippen LogP contribution is 2.80. The first-order valence-corrected chi connectivity index (χ1v) is 14.9. The number of aliphatic hydroxyl groups is 3. The molecule has 9 nitrogen and oxygen atoms in total. The van der Waals surface area contributed by atoms with Gasteiger partial charge in [0.2, 0.25) is 0 Å². The van der Waals surface area contributed by atoms with Crippen molar-refractivity contribution >= 4 is 5.97 Å². The van der Waals surface area contributed by atoms with Crippen LogP contribution in [-0.4, -0.2) is 109 Å². The van der Waals surface area contributed by atoms with E-state index in [1.807, 2.05) is 6.07 Å². The van der Waals surface area contributed by atoms with Crippen LogP contribution in [-0.2, 0) is 18.9 Å². The average Bonchev–Trinajstić information content (AvgIpc) is 3.35. The predicted octanol–water partition coefficient (Wildman–Crippen LogP) is 1.48. The normalized spacial score (nSPS) is 52.0. The number of aliphatic hydroxyl groups excluding tert-OH is 1. The summed E-state index contributed by atoms with van der Waals surface area (Å²) in [5.41, 5.74) is -3.93. The number of hydrogen-bond donors (Lipinski definition) is 3. The Balaban J connectivity index is 1.43. The molecule has 1 aliphatic heterocycles. The van der Waals surface area contributed by atoms with Crippen LogP contribution in [0.2, 0.25) is 0 Å². The minimum Gasteiger partial charge on any atom is -0.458 e. The van der Waals surface area contributed by atoms with Gasteiger partial charge in [0, 0.05) is 57.5 Å². The number of nitrogens with zero attached hydrogens (tertiary/aromatic N) is 1. The quantitative estimate of drug-likeness (QED) is 0.429. The van der Waals surface area contributed by atoms with Crippen molar-refractivity contribution in [2.45, 2.75) is 74.3 Å². The summed E-state index contributed by atoms with van der Waals surface area (Å²) in [5, 5.41) is 37.9. The van der Waals surface area contributed by atoms with Crippen LogP contribution in [0.15, 0.2) is 30.3 Å². The number of methoxy groups -OCH3 is 3. The molecule has 9 heteroatoms. The Hall–Kier alpha value is -1.59. The van der Waals surface area contributed by atoms with E-state index in [1.165, 1.54) is 0 Å². The fourth-order valence-corrected chi connectivity index (χ4v) is 11.6. The molecule has 0 amide bonds. The Morgan fingerprint density at radius 2 is 1.88 bits per heavy atom. The fraction of sp³-hybridized carbons (Fsp3) is 0.774. The Kier molecular flexibility index (Phi) is 6.10. The summed E-state index contributed by atoms with van der Waals surface area (Å²) in [4.78, 5) is 15.7. The van der Waals surface area contributed by atoms with Gasteiger partial charge in [0.05, 0.1) is 36.5 Å². The van der Waals surface area contributed by atoms with Gasteiger partial charge >= 0.3 is 5.97 Å². The molecule has 13 unspecified atom stereocenters. The zero-order valence-corrected chi connectivity index (χ0v) is 23.9. The van der Waals surface area contributed by atoms with Crippen molar-refractivity contribution in [2.24, 2.45) is 34.5 Å². The van der Waals surface area contributed by atoms with E-state index in [0.29, 0.717) is 44.5 Å². The third-order valence-corrected chi connectivity index (χ3v) is 12.5. The monoisotopic (exact) mass is 557 g/mol. The van der Waals surface area contributed by atoms with E-state index in [-0.39, 0.29) is 36.3 Å². The lowest BCUT2D eigenvalue weighted by atomic mass is 9.43. The Labute approximate surface area is 235 Å². The predicted molar refractivity (Wildman–Crippen MR) is 143 cm³/mol. The SMILES string of the molecule is CCN1CC2(COC)C(O)CCC34C5CC6C(OC)CC(O)(C5C6OC(=O)c5ccccc5)C(O)(C(OC)C23)C14. The molecule has 220 valence electrons. The van der Waals surface area contributed by atoms with Crippen molar-refractivity contribution < 1.29 is 39.1 Å². The number of fused-ring (bicyclic) bond motifs is 2. The highest BCUT2D eigenvalue weighted by molar-refractivity contribution is 5.89. The molecular weight excluding hydrogens is 514 g/mol. The van der Waals surface area contributed by atoms with E-state index in [1.54, 1.807) is 45.6 Å². The number of carbonyl (C=O) groups excluding carboxylic acids is 1. The second-order valence-corrected chi connectivity index (χ2v) is 13.4. The largest absolute Gasteiger partial charge is 0.458 e. The number of benzene rings is 1. The number of rotatable bonds is 7. The first-order valence-electron chi connectivity index (χ1n) is 14.9. The number of ether oxygens (including phenoxy) is 4. The highest BCUT2D eigenvalue weighted by atomic mass is 16.6. The van der Waals surface area contributed by atoms with Crippen LogP contribution in [0, 0.1) is 34.5 Å². The molecule has 1 aromatic carbocycles. The summed E-state index contributed by atoms with van der Waals surface area (Å²) in [5.74, 6) is -1.29. The Bertz CT molecular complexity index is 1170. The Morgan fingerprint density at radius 1 is 1.12 bits per heavy atom. The van der Waals surface area contributed by atoms with E-state index in [4.69, 9.17) is 18.9 Å². The second kappa shape index (κ2) is 8.96. The number of likely N-dealkylation sites (N-methyl/N-ethyl adjacent to an activating group) is 1. The molecular formula is C31H43NO8. The summed E-state index contributed by atoms with van der Waals surface area (Å²) in [6, 6.07) is 8.58. The molecule has 5 saturated carbocycles. The van der Waals surface area contributed by atoms with Gasteiger partial charge in [0.15, 0.2) is 0 Å². The topological polar surface area (TPSA) is 118 Å². The first kappa shape index (κ1) is 27.3. The van der Waals surface area contributed by atoms with Gasteiger partial charge in [0.25, 0.3) is 0 Å². The average molecular weight is 558 g/mol. The van der Waals surface area contributed by atoms with Gasteiger partial charge in [-0.25, -0.2) is 4.79 Å². The van der Waals surface area contributed by atoms with Gasteiger partial charge in [0.1, 0.15) is 17.3 Å². The van der Waals surface area contributed by atoms with E-state index in [2.05, 4.69) is 11.8 Å². The Morgan fingerprint density at radius 3 is 2.52 bits per heavy atom. The summed E-state index contributed by atoms with van der Waals surface area (Å²) < 4.78 is 24.4. The molecule has 6 fully saturated rings. The van der Waals surface area contributed by atoms with Crippen LogP contribution < -0.4 is 0 Å². The van der Waals surface area contributed by atoms with Crippen LogP contribution in [0.1, 0.15) is 43.0 Å². The summed E-state index contributed by atoms with van der Waals surface area (Å²) >= 11 is 0. The molecule has 0 aromatic heterocycles. The maximum atomic E-state index is 13.4. The maximum Gasteiger partial charge on any atom is 0.338 e. The van der Waals surface area contributed by atoms with Crippen molar-refractivity contribution in [1.29, 1.82) is 0 Å². The van der Waals surface area contributed by atoms with Crippen LogP contribution in [0.3, 0.4) is 0 Å². The van der Waals surface area contributed by atoms with Crippen molar-refractivity contribution in [3.05, 3.63) is 35.9 Å². The molecule has 7 bridgehead atoms. The molecule has 0 radical (unpaired) electrons. The third kappa shape index (κ3) is 2.90. The zero-order valence-electron chi connectivity index (χ0n) is 23.9. The molecule has 5 aliphatic carbocycles. The number of piperidine rings is 1. The molecule has 3 N–H and O–H groups in total. The molecule has 1 heterocycles. The van der Waals surface area contributed by atoms with Gasteiger partial charge in [-0.15, -0.1) is 0 Å². The van der Waals surface area contributed by atoms with Crippen LogP contribution in [0.4, 0.5) is 0 Å². The van der Waals surface area contributed by atoms with Gasteiger partial charge in [-0.05, 0) is 49.3 Å². The lowest BCUT2D eigenvalue weighted by Gasteiger charge is -2.69. The molecule has 1 spiro atoms. The van der Waals surface area contributed by atoms with E-state index in [0.717, 1.165) is 0 Å². The van der Waals surface area contributed by atoms with Gasteiger partial charge in [-0.3, -0.25) is 4.90 Å². The van der Waals surface area contributed by atoms with E-state index >= 15 is 0 Å². The van der Waals surface area contributed by atoms with Gasteiger partial charge < -0.3 is 34.3 Å². The molecule has 13 atom stereocenters. The number of carbonyl (C=O) groups is 1. The standard InChI is InChI=1S/C31H43NO8/c1-5-32-15-28(16-37-2)21(33)11-12-29-19-13-18-20(38-3)14-30(35,31(36,27(29)32)25(39-4)24(28)29)22(19)23(18)40-26(34)17-9-7-6-8-10-17/h6-10,18-25,27,33,35-36H,5,11-16H2,1-4H3. The minimum absolute atomic E-state index is 0.0512. The third-order valence-electron chi connectivity index (χ3n) is 12.5. The van der Waals surface area contributed by atoms with Crippen molar-refractivity contribution in [3.8, 4) is 0 Å². The van der Waals surface area contributed by atoms with Gasteiger partial charge in [-0.1, -0.05) is 25.1 Å². The molecule has 7 rings (SSSR count). The lowest BCUT2D eigenvalue weighted by Crippen LogP contribution is -2.81. The summed E-state index contributed by atoms with van der Waals surface area (Å²) in [6.45, 7) is 3.64. The maximum absolute atomic E-state index is 13.4. The van der Waals surface area contributed by atoms with Crippen LogP contribution in [0.5, 0.6) is 0 Å². The van der Waals surface area contributed by atoms with E-state index in [9.17, 15) is 20.1 Å². The minimum atomic E-state index is -1.66. The van der Waals surface area contributed by atoms with Crippen LogP contribution >= 0.6 is 0 Å². The van der Waals surface area contributed by atoms with Crippen molar-refractivity contribution in [3.63, 3.8) is 0 Å². The number of likely N-dealkylation sites (tertiary alicyclic amines) is 1. The van der Waals surface area contributed by atoms with Crippen LogP contribution in [0.25, 0.3) is 0 Å².